The van der Waals surface area contributed by atoms with E-state index < -0.39 is 0 Å². The molecule has 0 bridgehead atoms. The fraction of sp³-hybridized carbons (Fsp3) is 0.273. The highest BCUT2D eigenvalue weighted by Crippen LogP contribution is 2.29. The maximum absolute atomic E-state index is 12.7. The first-order valence-electron chi connectivity index (χ1n) is 10.0. The fourth-order valence-electron chi connectivity index (χ4n) is 3.42. The SMILES string of the molecule is CC(=O)N(c1ccccc1)c1nc(/C=C/C(=O)N2CCCN(c3nccs3)CC2)cs1. The van der Waals surface area contributed by atoms with Gasteiger partial charge in [0.15, 0.2) is 10.3 Å². The summed E-state index contributed by atoms with van der Waals surface area (Å²) in [4.78, 5) is 39.5. The highest BCUT2D eigenvalue weighted by molar-refractivity contribution is 7.14. The molecule has 0 N–H and O–H groups in total. The summed E-state index contributed by atoms with van der Waals surface area (Å²) in [5.74, 6) is -0.136. The lowest BCUT2D eigenvalue weighted by molar-refractivity contribution is -0.125. The van der Waals surface area contributed by atoms with Gasteiger partial charge in [0, 0.05) is 56.1 Å². The van der Waals surface area contributed by atoms with Crippen LogP contribution in [0.5, 0.6) is 0 Å². The van der Waals surface area contributed by atoms with E-state index in [1.165, 1.54) is 18.3 Å². The highest BCUT2D eigenvalue weighted by Gasteiger charge is 2.20. The van der Waals surface area contributed by atoms with E-state index in [1.54, 1.807) is 28.4 Å². The molecule has 1 aliphatic rings. The van der Waals surface area contributed by atoms with Crippen LogP contribution in [0.2, 0.25) is 0 Å². The lowest BCUT2D eigenvalue weighted by Gasteiger charge is -2.20. The van der Waals surface area contributed by atoms with Gasteiger partial charge in [-0.2, -0.15) is 0 Å². The second kappa shape index (κ2) is 9.84. The Kier molecular flexibility index (Phi) is 6.73. The molecule has 0 atom stereocenters. The van der Waals surface area contributed by atoms with Crippen molar-refractivity contribution in [1.29, 1.82) is 0 Å². The van der Waals surface area contributed by atoms with Crippen LogP contribution in [-0.2, 0) is 9.59 Å². The predicted molar refractivity (Wildman–Crippen MR) is 126 cm³/mol. The third-order valence-electron chi connectivity index (χ3n) is 4.92. The van der Waals surface area contributed by atoms with E-state index in [4.69, 9.17) is 0 Å². The summed E-state index contributed by atoms with van der Waals surface area (Å²) in [6.07, 6.45) is 6.00. The van der Waals surface area contributed by atoms with Gasteiger partial charge in [-0.3, -0.25) is 14.5 Å². The van der Waals surface area contributed by atoms with Crippen molar-refractivity contribution in [1.82, 2.24) is 14.9 Å². The summed E-state index contributed by atoms with van der Waals surface area (Å²) in [5.41, 5.74) is 1.43. The third kappa shape index (κ3) is 5.18. The van der Waals surface area contributed by atoms with Gasteiger partial charge in [-0.25, -0.2) is 9.97 Å². The number of anilines is 3. The molecule has 1 aromatic carbocycles. The monoisotopic (exact) mass is 453 g/mol. The Balaban J connectivity index is 1.40. The zero-order valence-corrected chi connectivity index (χ0v) is 18.8. The van der Waals surface area contributed by atoms with Crippen molar-refractivity contribution in [2.45, 2.75) is 13.3 Å². The van der Waals surface area contributed by atoms with Crippen LogP contribution < -0.4 is 9.80 Å². The number of benzene rings is 1. The standard InChI is InChI=1S/C22H23N5O2S2/c1-17(28)27(19-6-3-2-4-7-19)22-24-18(16-31-22)8-9-20(29)25-11-5-12-26(14-13-25)21-23-10-15-30-21/h2-4,6-10,15-16H,5,11-14H2,1H3/b9-8+. The minimum atomic E-state index is -0.110. The van der Waals surface area contributed by atoms with E-state index in [1.807, 2.05) is 52.2 Å². The molecule has 0 radical (unpaired) electrons. The molecule has 3 heterocycles. The average molecular weight is 454 g/mol. The fourth-order valence-corrected chi connectivity index (χ4v) is 4.97. The molecule has 7 nitrogen and oxygen atoms in total. The number of thiazole rings is 2. The number of nitrogens with zero attached hydrogens (tertiary/aromatic N) is 5. The van der Waals surface area contributed by atoms with Crippen LogP contribution in [0.3, 0.4) is 0 Å². The van der Waals surface area contributed by atoms with Crippen molar-refractivity contribution in [3.63, 3.8) is 0 Å². The lowest BCUT2D eigenvalue weighted by atomic mass is 10.3. The average Bonchev–Trinajstić information content (AvgIpc) is 3.41. The maximum atomic E-state index is 12.7. The molecule has 0 unspecified atom stereocenters. The highest BCUT2D eigenvalue weighted by atomic mass is 32.1. The number of amides is 2. The van der Waals surface area contributed by atoms with Gasteiger partial charge in [-0.15, -0.1) is 22.7 Å². The summed E-state index contributed by atoms with van der Waals surface area (Å²) in [6.45, 7) is 4.58. The van der Waals surface area contributed by atoms with Crippen molar-refractivity contribution in [2.24, 2.45) is 0 Å². The van der Waals surface area contributed by atoms with Crippen LogP contribution in [0.4, 0.5) is 16.0 Å². The molecule has 2 aromatic heterocycles. The molecule has 3 aromatic rings. The second-order valence-corrected chi connectivity index (χ2v) is 8.77. The number of hydrogen-bond acceptors (Lipinski definition) is 7. The molecule has 9 heteroatoms. The molecule has 0 spiro atoms. The molecular weight excluding hydrogens is 430 g/mol. The first-order valence-corrected chi connectivity index (χ1v) is 11.8. The van der Waals surface area contributed by atoms with E-state index in [0.29, 0.717) is 17.4 Å². The van der Waals surface area contributed by atoms with Crippen LogP contribution >= 0.6 is 22.7 Å². The predicted octanol–water partition coefficient (Wildman–Crippen LogP) is 4.04. The molecular formula is C22H23N5O2S2. The van der Waals surface area contributed by atoms with Gasteiger partial charge in [-0.05, 0) is 24.6 Å². The Hall–Kier alpha value is -3.04. The molecule has 0 saturated carbocycles. The summed E-state index contributed by atoms with van der Waals surface area (Å²) in [6, 6.07) is 9.42. The molecule has 0 aliphatic carbocycles. The lowest BCUT2D eigenvalue weighted by Crippen LogP contribution is -2.34. The van der Waals surface area contributed by atoms with Crippen molar-refractivity contribution in [2.75, 3.05) is 36.0 Å². The van der Waals surface area contributed by atoms with Gasteiger partial charge >= 0.3 is 0 Å². The van der Waals surface area contributed by atoms with Gasteiger partial charge in [0.25, 0.3) is 0 Å². The van der Waals surface area contributed by atoms with E-state index in [-0.39, 0.29) is 11.8 Å². The Morgan fingerprint density at radius 1 is 1.10 bits per heavy atom. The Morgan fingerprint density at radius 2 is 1.94 bits per heavy atom. The van der Waals surface area contributed by atoms with Crippen LogP contribution in [0.15, 0.2) is 53.4 Å². The van der Waals surface area contributed by atoms with Gasteiger partial charge in [0.2, 0.25) is 11.8 Å². The smallest absolute Gasteiger partial charge is 0.246 e. The number of para-hydroxylation sites is 1. The van der Waals surface area contributed by atoms with Crippen molar-refractivity contribution in [3.05, 3.63) is 59.1 Å². The molecule has 160 valence electrons. The largest absolute Gasteiger partial charge is 0.346 e. The summed E-state index contributed by atoms with van der Waals surface area (Å²) < 4.78 is 0. The zero-order valence-electron chi connectivity index (χ0n) is 17.2. The third-order valence-corrected chi connectivity index (χ3v) is 6.60. The number of carbonyl (C=O) groups is 2. The minimum absolute atomic E-state index is 0.0259. The quantitative estimate of drug-likeness (QED) is 0.546. The van der Waals surface area contributed by atoms with Gasteiger partial charge in [-0.1, -0.05) is 18.2 Å². The number of aromatic nitrogens is 2. The number of carbonyl (C=O) groups excluding carboxylic acids is 2. The van der Waals surface area contributed by atoms with Crippen LogP contribution in [-0.4, -0.2) is 52.9 Å². The maximum Gasteiger partial charge on any atom is 0.246 e. The molecule has 31 heavy (non-hydrogen) atoms. The van der Waals surface area contributed by atoms with E-state index in [9.17, 15) is 9.59 Å². The minimum Gasteiger partial charge on any atom is -0.346 e. The second-order valence-electron chi connectivity index (χ2n) is 7.06. The van der Waals surface area contributed by atoms with Gasteiger partial charge in [0.1, 0.15) is 0 Å². The molecule has 1 fully saturated rings. The number of rotatable bonds is 5. The van der Waals surface area contributed by atoms with Gasteiger partial charge in [0.05, 0.1) is 11.4 Å². The summed E-state index contributed by atoms with van der Waals surface area (Å²) >= 11 is 3.00. The summed E-state index contributed by atoms with van der Waals surface area (Å²) in [7, 11) is 0. The topological polar surface area (TPSA) is 69.6 Å². The van der Waals surface area contributed by atoms with Crippen LogP contribution in [0.1, 0.15) is 19.0 Å². The Morgan fingerprint density at radius 3 is 2.68 bits per heavy atom. The first-order chi connectivity index (χ1) is 15.1. The van der Waals surface area contributed by atoms with Crippen molar-refractivity contribution >= 4 is 56.5 Å². The Labute approximate surface area is 189 Å². The van der Waals surface area contributed by atoms with Crippen molar-refractivity contribution in [3.8, 4) is 0 Å². The zero-order chi connectivity index (χ0) is 21.6. The Bertz CT molecular complexity index is 1050. The van der Waals surface area contributed by atoms with E-state index in [0.717, 1.165) is 36.9 Å². The molecule has 2 amide bonds. The molecule has 1 aliphatic heterocycles. The van der Waals surface area contributed by atoms with Crippen LogP contribution in [0.25, 0.3) is 6.08 Å². The summed E-state index contributed by atoms with van der Waals surface area (Å²) in [5, 5.41) is 5.41. The molecule has 4 rings (SSSR count). The van der Waals surface area contributed by atoms with Crippen molar-refractivity contribution < 1.29 is 9.59 Å². The molecule has 1 saturated heterocycles. The van der Waals surface area contributed by atoms with E-state index >= 15 is 0 Å². The first kappa shape index (κ1) is 21.2. The van der Waals surface area contributed by atoms with Crippen LogP contribution in [0, 0.1) is 0 Å². The number of hydrogen-bond donors (Lipinski definition) is 0. The van der Waals surface area contributed by atoms with E-state index in [2.05, 4.69) is 14.9 Å². The van der Waals surface area contributed by atoms with Gasteiger partial charge < -0.3 is 9.80 Å². The normalized spacial score (nSPS) is 14.6.